The highest BCUT2D eigenvalue weighted by molar-refractivity contribution is 8.15. The van der Waals surface area contributed by atoms with Gasteiger partial charge in [-0.3, -0.25) is 4.99 Å². The number of hydrogen-bond acceptors (Lipinski definition) is 3. The number of nitrogens with zero attached hydrogens (tertiary/aromatic N) is 1. The molecule has 1 aliphatic heterocycles. The van der Waals surface area contributed by atoms with E-state index in [0.29, 0.717) is 12.5 Å². The molecule has 116 valence electrons. The van der Waals surface area contributed by atoms with Gasteiger partial charge < -0.3 is 5.32 Å². The molecule has 0 aliphatic carbocycles. The van der Waals surface area contributed by atoms with Gasteiger partial charge in [0, 0.05) is 5.25 Å². The van der Waals surface area contributed by atoms with Crippen LogP contribution < -0.4 is 5.32 Å². The fraction of sp³-hybridized carbons (Fsp3) is 0.462. The van der Waals surface area contributed by atoms with Gasteiger partial charge in [-0.2, -0.15) is 0 Å². The smallest absolute Gasteiger partial charge is 0.200 e. The summed E-state index contributed by atoms with van der Waals surface area (Å²) in [5.74, 6) is -9.47. The molecule has 8 heteroatoms. The topological polar surface area (TPSA) is 24.4 Å². The molecule has 1 atom stereocenters. The third kappa shape index (κ3) is 3.30. The van der Waals surface area contributed by atoms with Crippen LogP contribution in [0.4, 0.5) is 27.6 Å². The van der Waals surface area contributed by atoms with E-state index < -0.39 is 34.8 Å². The zero-order chi connectivity index (χ0) is 15.7. The lowest BCUT2D eigenvalue weighted by Gasteiger charge is -2.12. The fourth-order valence-corrected chi connectivity index (χ4v) is 3.21. The van der Waals surface area contributed by atoms with E-state index in [4.69, 9.17) is 0 Å². The van der Waals surface area contributed by atoms with Gasteiger partial charge in [-0.1, -0.05) is 25.6 Å². The van der Waals surface area contributed by atoms with Gasteiger partial charge in [-0.15, -0.1) is 0 Å². The Hall–Kier alpha value is -1.31. The van der Waals surface area contributed by atoms with E-state index in [-0.39, 0.29) is 10.4 Å². The van der Waals surface area contributed by atoms with Crippen molar-refractivity contribution in [3.63, 3.8) is 0 Å². The Balaban J connectivity index is 2.19. The van der Waals surface area contributed by atoms with Crippen molar-refractivity contribution in [3.05, 3.63) is 29.1 Å². The molecule has 2 rings (SSSR count). The summed E-state index contributed by atoms with van der Waals surface area (Å²) < 4.78 is 66.1. The maximum absolute atomic E-state index is 13.5. The Labute approximate surface area is 122 Å². The van der Waals surface area contributed by atoms with E-state index in [9.17, 15) is 22.0 Å². The monoisotopic (exact) mass is 324 g/mol. The predicted molar refractivity (Wildman–Crippen MR) is 73.0 cm³/mol. The van der Waals surface area contributed by atoms with Crippen molar-refractivity contribution in [1.29, 1.82) is 0 Å². The standard InChI is InChI=1S/C13H13F5N2S/c1-5(2)3-6-4-19-13(21-6)20-12-10(17)8(15)7(14)9(16)11(12)18/h5-6H,3-4H2,1-2H3,(H,19,20). The van der Waals surface area contributed by atoms with Crippen molar-refractivity contribution in [2.75, 3.05) is 11.9 Å². The minimum absolute atomic E-state index is 0.133. The van der Waals surface area contributed by atoms with Gasteiger partial charge in [0.15, 0.2) is 28.4 Å². The molecule has 0 amide bonds. The second kappa shape index (κ2) is 6.21. The second-order valence-electron chi connectivity index (χ2n) is 5.09. The van der Waals surface area contributed by atoms with Crippen LogP contribution in [-0.2, 0) is 0 Å². The van der Waals surface area contributed by atoms with Crippen molar-refractivity contribution in [1.82, 2.24) is 0 Å². The molecule has 1 heterocycles. The summed E-state index contributed by atoms with van der Waals surface area (Å²) in [6.45, 7) is 4.49. The first kappa shape index (κ1) is 16.1. The van der Waals surface area contributed by atoms with Crippen molar-refractivity contribution in [3.8, 4) is 0 Å². The molecule has 0 spiro atoms. The predicted octanol–water partition coefficient (Wildman–Crippen LogP) is 4.31. The van der Waals surface area contributed by atoms with Crippen LogP contribution in [0.5, 0.6) is 0 Å². The van der Waals surface area contributed by atoms with Crippen molar-refractivity contribution in [2.24, 2.45) is 10.9 Å². The van der Waals surface area contributed by atoms with E-state index in [1.165, 1.54) is 11.8 Å². The third-order valence-corrected chi connectivity index (χ3v) is 4.02. The Morgan fingerprint density at radius 3 is 2.10 bits per heavy atom. The summed E-state index contributed by atoms with van der Waals surface area (Å²) in [7, 11) is 0. The van der Waals surface area contributed by atoms with Gasteiger partial charge in [-0.25, -0.2) is 22.0 Å². The average molecular weight is 324 g/mol. The lowest BCUT2D eigenvalue weighted by molar-refractivity contribution is 0.382. The first-order valence-corrected chi connectivity index (χ1v) is 7.18. The van der Waals surface area contributed by atoms with Gasteiger partial charge in [0.25, 0.3) is 0 Å². The number of anilines is 1. The van der Waals surface area contributed by atoms with Gasteiger partial charge >= 0.3 is 0 Å². The molecule has 0 saturated heterocycles. The Bertz CT molecular complexity index is 559. The number of nitrogens with one attached hydrogen (secondary N) is 1. The lowest BCUT2D eigenvalue weighted by atomic mass is 10.1. The van der Waals surface area contributed by atoms with Crippen LogP contribution in [0.15, 0.2) is 4.99 Å². The minimum atomic E-state index is -2.17. The quantitative estimate of drug-likeness (QED) is 0.509. The third-order valence-electron chi connectivity index (χ3n) is 2.89. The largest absolute Gasteiger partial charge is 0.330 e. The average Bonchev–Trinajstić information content (AvgIpc) is 2.85. The summed E-state index contributed by atoms with van der Waals surface area (Å²) in [6.07, 6.45) is 0.844. The maximum Gasteiger partial charge on any atom is 0.200 e. The molecular formula is C13H13F5N2S. The Morgan fingerprint density at radius 1 is 1.05 bits per heavy atom. The van der Waals surface area contributed by atoms with Crippen LogP contribution in [0, 0.1) is 35.0 Å². The molecular weight excluding hydrogens is 311 g/mol. The number of amidine groups is 1. The molecule has 21 heavy (non-hydrogen) atoms. The summed E-state index contributed by atoms with van der Waals surface area (Å²) in [5.41, 5.74) is -1.07. The number of benzene rings is 1. The zero-order valence-corrected chi connectivity index (χ0v) is 12.1. The molecule has 0 bridgehead atoms. The molecule has 0 radical (unpaired) electrons. The first-order chi connectivity index (χ1) is 9.81. The van der Waals surface area contributed by atoms with Crippen LogP contribution in [0.1, 0.15) is 20.3 Å². The summed E-state index contributed by atoms with van der Waals surface area (Å²) in [6, 6.07) is 0. The Kier molecular flexibility index (Phi) is 4.75. The number of aliphatic imine (C=N–C) groups is 1. The van der Waals surface area contributed by atoms with E-state index in [0.717, 1.165) is 6.42 Å². The van der Waals surface area contributed by atoms with Crippen LogP contribution >= 0.6 is 11.8 Å². The molecule has 0 fully saturated rings. The first-order valence-electron chi connectivity index (χ1n) is 6.30. The van der Waals surface area contributed by atoms with E-state index in [1.54, 1.807) is 0 Å². The Morgan fingerprint density at radius 2 is 1.57 bits per heavy atom. The zero-order valence-electron chi connectivity index (χ0n) is 11.3. The highest BCUT2D eigenvalue weighted by Crippen LogP contribution is 2.31. The van der Waals surface area contributed by atoms with Crippen molar-refractivity contribution < 1.29 is 22.0 Å². The van der Waals surface area contributed by atoms with Crippen LogP contribution in [0.25, 0.3) is 0 Å². The van der Waals surface area contributed by atoms with Gasteiger partial charge in [0.05, 0.1) is 6.54 Å². The number of rotatable bonds is 3. The molecule has 0 saturated carbocycles. The fourth-order valence-electron chi connectivity index (χ4n) is 1.96. The van der Waals surface area contributed by atoms with Crippen LogP contribution in [-0.4, -0.2) is 17.0 Å². The highest BCUT2D eigenvalue weighted by Gasteiger charge is 2.28. The van der Waals surface area contributed by atoms with E-state index in [2.05, 4.69) is 10.3 Å². The normalized spacial score (nSPS) is 18.3. The summed E-state index contributed by atoms with van der Waals surface area (Å²) in [5, 5.41) is 2.50. The van der Waals surface area contributed by atoms with E-state index in [1.807, 2.05) is 13.8 Å². The summed E-state index contributed by atoms with van der Waals surface area (Å²) in [4.78, 5) is 4.03. The molecule has 0 aromatic heterocycles. The number of hydrogen-bond donors (Lipinski definition) is 1. The van der Waals surface area contributed by atoms with Crippen molar-refractivity contribution >= 4 is 22.6 Å². The highest BCUT2D eigenvalue weighted by atomic mass is 32.2. The van der Waals surface area contributed by atoms with Gasteiger partial charge in [0.2, 0.25) is 5.82 Å². The van der Waals surface area contributed by atoms with Crippen LogP contribution in [0.2, 0.25) is 0 Å². The lowest BCUT2D eigenvalue weighted by Crippen LogP contribution is -2.14. The minimum Gasteiger partial charge on any atom is -0.330 e. The number of thioether (sulfide) groups is 1. The van der Waals surface area contributed by atoms with Gasteiger partial charge in [-0.05, 0) is 12.3 Å². The molecule has 1 N–H and O–H groups in total. The number of halogens is 5. The molecule has 2 nitrogen and oxygen atoms in total. The maximum atomic E-state index is 13.5. The SMILES string of the molecule is CC(C)CC1CN=C(Nc2c(F)c(F)c(F)c(F)c2F)S1. The van der Waals surface area contributed by atoms with Crippen molar-refractivity contribution in [2.45, 2.75) is 25.5 Å². The molecule has 1 aromatic rings. The van der Waals surface area contributed by atoms with Crippen LogP contribution in [0.3, 0.4) is 0 Å². The van der Waals surface area contributed by atoms with E-state index >= 15 is 0 Å². The molecule has 1 aliphatic rings. The van der Waals surface area contributed by atoms with Gasteiger partial charge in [0.1, 0.15) is 5.69 Å². The molecule has 1 unspecified atom stereocenters. The second-order valence-corrected chi connectivity index (χ2v) is 6.37. The molecule has 1 aromatic carbocycles. The summed E-state index contributed by atoms with van der Waals surface area (Å²) >= 11 is 1.23.